The van der Waals surface area contributed by atoms with Crippen LogP contribution in [0.3, 0.4) is 0 Å². The molecule has 1 aromatic heterocycles. The van der Waals surface area contributed by atoms with Crippen LogP contribution < -0.4 is 0 Å². The lowest BCUT2D eigenvalue weighted by Gasteiger charge is -2.06. The number of carbonyl (C=O) groups is 1. The van der Waals surface area contributed by atoms with E-state index in [0.717, 1.165) is 13.2 Å². The number of hydrogen-bond donors (Lipinski definition) is 0. The highest BCUT2D eigenvalue weighted by molar-refractivity contribution is 9.10. The van der Waals surface area contributed by atoms with E-state index < -0.39 is 35.1 Å². The average Bonchev–Trinajstić information content (AvgIpc) is 2.27. The lowest BCUT2D eigenvalue weighted by Crippen LogP contribution is -2.10. The first kappa shape index (κ1) is 14.4. The Balaban J connectivity index is 3.33. The number of carbonyl (C=O) groups excluding carboxylic acids is 1. The Morgan fingerprint density at radius 1 is 1.67 bits per heavy atom. The maximum atomic E-state index is 12.5. The van der Waals surface area contributed by atoms with Gasteiger partial charge in [-0.05, 0) is 22.0 Å². The summed E-state index contributed by atoms with van der Waals surface area (Å²) in [5.74, 6) is -0.802. The van der Waals surface area contributed by atoms with Crippen LogP contribution in [0.15, 0.2) is 10.5 Å². The fourth-order valence-corrected chi connectivity index (χ4v) is 1.82. The summed E-state index contributed by atoms with van der Waals surface area (Å²) in [5, 5.41) is 10.8. The second-order valence-electron chi connectivity index (χ2n) is 3.13. The molecule has 6 nitrogen and oxygen atoms in total. The van der Waals surface area contributed by atoms with Crippen LogP contribution in [0.2, 0.25) is 0 Å². The van der Waals surface area contributed by atoms with Gasteiger partial charge in [-0.1, -0.05) is 0 Å². The van der Waals surface area contributed by atoms with Crippen LogP contribution >= 0.6 is 15.9 Å². The normalized spacial score (nSPS) is 10.5. The minimum Gasteiger partial charge on any atom is -0.469 e. The number of pyridine rings is 1. The number of hydrogen-bond acceptors (Lipinski definition) is 5. The summed E-state index contributed by atoms with van der Waals surface area (Å²) in [6, 6.07) is 0.851. The molecular weight excluding hydrogens is 318 g/mol. The fraction of sp³-hybridized carbons (Fsp3) is 0.333. The van der Waals surface area contributed by atoms with Crippen molar-refractivity contribution in [1.82, 2.24) is 4.98 Å². The average molecular weight is 325 g/mol. The summed E-state index contributed by atoms with van der Waals surface area (Å²) in [5.41, 5.74) is -1.53. The van der Waals surface area contributed by atoms with Crippen molar-refractivity contribution in [2.75, 3.05) is 7.11 Å². The van der Waals surface area contributed by atoms with Crippen LogP contribution in [-0.2, 0) is 16.0 Å². The van der Waals surface area contributed by atoms with Crippen LogP contribution in [0, 0.1) is 10.1 Å². The molecule has 0 aliphatic carbocycles. The number of halogens is 3. The van der Waals surface area contributed by atoms with Crippen molar-refractivity contribution in [2.24, 2.45) is 0 Å². The number of alkyl halides is 2. The van der Waals surface area contributed by atoms with Crippen molar-refractivity contribution >= 4 is 27.6 Å². The molecule has 0 fully saturated rings. The van der Waals surface area contributed by atoms with Crippen molar-refractivity contribution in [3.63, 3.8) is 0 Å². The lowest BCUT2D eigenvalue weighted by atomic mass is 10.2. The first-order valence-corrected chi connectivity index (χ1v) is 5.34. The van der Waals surface area contributed by atoms with Gasteiger partial charge >= 0.3 is 11.7 Å². The standard InChI is InChI=1S/C9H7BrF2N2O4/c1-18-7(15)3-5-8(14(16)17)4(10)2-6(13-5)9(11)12/h2,9H,3H2,1H3. The topological polar surface area (TPSA) is 82.3 Å². The number of aromatic nitrogens is 1. The van der Waals surface area contributed by atoms with Gasteiger partial charge in [-0.25, -0.2) is 13.8 Å². The fourth-order valence-electron chi connectivity index (χ4n) is 1.21. The van der Waals surface area contributed by atoms with Gasteiger partial charge in [-0.2, -0.15) is 0 Å². The number of esters is 1. The predicted octanol–water partition coefficient (Wildman–Crippen LogP) is 2.41. The van der Waals surface area contributed by atoms with Gasteiger partial charge in [0.05, 0.1) is 22.9 Å². The van der Waals surface area contributed by atoms with Crippen molar-refractivity contribution in [3.05, 3.63) is 32.0 Å². The third-order valence-electron chi connectivity index (χ3n) is 1.98. The van der Waals surface area contributed by atoms with Gasteiger partial charge in [0.25, 0.3) is 6.43 Å². The summed E-state index contributed by atoms with van der Waals surface area (Å²) in [4.78, 5) is 24.5. The summed E-state index contributed by atoms with van der Waals surface area (Å²) >= 11 is 2.81. The van der Waals surface area contributed by atoms with E-state index in [1.807, 2.05) is 0 Å². The summed E-state index contributed by atoms with van der Waals surface area (Å²) < 4.78 is 29.2. The van der Waals surface area contributed by atoms with E-state index in [2.05, 4.69) is 25.7 Å². The lowest BCUT2D eigenvalue weighted by molar-refractivity contribution is -0.386. The largest absolute Gasteiger partial charge is 0.469 e. The van der Waals surface area contributed by atoms with Crippen molar-refractivity contribution in [3.8, 4) is 0 Å². The minimum atomic E-state index is -2.89. The van der Waals surface area contributed by atoms with Gasteiger partial charge in [0.15, 0.2) is 0 Å². The minimum absolute atomic E-state index is 0.156. The molecule has 0 N–H and O–H groups in total. The number of nitro groups is 1. The Morgan fingerprint density at radius 2 is 2.28 bits per heavy atom. The van der Waals surface area contributed by atoms with Gasteiger partial charge in [-0.3, -0.25) is 14.9 Å². The van der Waals surface area contributed by atoms with E-state index in [-0.39, 0.29) is 10.2 Å². The van der Waals surface area contributed by atoms with Crippen molar-refractivity contribution < 1.29 is 23.2 Å². The van der Waals surface area contributed by atoms with E-state index in [9.17, 15) is 23.7 Å². The molecule has 18 heavy (non-hydrogen) atoms. The molecule has 1 rings (SSSR count). The van der Waals surface area contributed by atoms with E-state index in [4.69, 9.17) is 0 Å². The van der Waals surface area contributed by atoms with Gasteiger partial charge < -0.3 is 4.74 Å². The van der Waals surface area contributed by atoms with Crippen LogP contribution in [0.25, 0.3) is 0 Å². The number of nitrogens with zero attached hydrogens (tertiary/aromatic N) is 2. The second-order valence-corrected chi connectivity index (χ2v) is 3.99. The first-order valence-electron chi connectivity index (χ1n) is 4.55. The van der Waals surface area contributed by atoms with E-state index in [0.29, 0.717) is 0 Å². The molecule has 98 valence electrons. The Labute approximate surface area is 108 Å². The first-order chi connectivity index (χ1) is 8.36. The third-order valence-corrected chi connectivity index (χ3v) is 2.59. The second kappa shape index (κ2) is 5.80. The maximum Gasteiger partial charge on any atom is 0.311 e. The molecule has 0 aliphatic heterocycles. The Hall–Kier alpha value is -1.64. The van der Waals surface area contributed by atoms with E-state index >= 15 is 0 Å². The number of ether oxygens (including phenoxy) is 1. The van der Waals surface area contributed by atoms with Gasteiger partial charge in [0, 0.05) is 0 Å². The van der Waals surface area contributed by atoms with E-state index in [1.165, 1.54) is 0 Å². The molecule has 0 amide bonds. The van der Waals surface area contributed by atoms with Gasteiger partial charge in [0.1, 0.15) is 11.4 Å². The Kier molecular flexibility index (Phi) is 4.65. The monoisotopic (exact) mass is 324 g/mol. The Bertz CT molecular complexity index is 496. The molecule has 0 radical (unpaired) electrons. The molecule has 0 unspecified atom stereocenters. The van der Waals surface area contributed by atoms with Crippen molar-refractivity contribution in [1.29, 1.82) is 0 Å². The zero-order valence-corrected chi connectivity index (χ0v) is 10.6. The van der Waals surface area contributed by atoms with Gasteiger partial charge in [0.2, 0.25) is 0 Å². The van der Waals surface area contributed by atoms with Crippen LogP contribution in [0.5, 0.6) is 0 Å². The quantitative estimate of drug-likeness (QED) is 0.482. The van der Waals surface area contributed by atoms with Crippen molar-refractivity contribution in [2.45, 2.75) is 12.8 Å². The van der Waals surface area contributed by atoms with Crippen LogP contribution in [0.4, 0.5) is 14.5 Å². The van der Waals surface area contributed by atoms with Crippen LogP contribution in [-0.4, -0.2) is 23.0 Å². The molecule has 0 atom stereocenters. The molecule has 0 bridgehead atoms. The highest BCUT2D eigenvalue weighted by Crippen LogP contribution is 2.31. The van der Waals surface area contributed by atoms with Crippen LogP contribution in [0.1, 0.15) is 17.8 Å². The Morgan fingerprint density at radius 3 is 2.72 bits per heavy atom. The molecule has 1 aromatic rings. The molecule has 0 spiro atoms. The van der Waals surface area contributed by atoms with E-state index in [1.54, 1.807) is 0 Å². The number of rotatable bonds is 4. The zero-order chi connectivity index (χ0) is 13.9. The highest BCUT2D eigenvalue weighted by atomic mass is 79.9. The zero-order valence-electron chi connectivity index (χ0n) is 9.02. The molecular formula is C9H7BrF2N2O4. The van der Waals surface area contributed by atoms with Gasteiger partial charge in [-0.15, -0.1) is 0 Å². The smallest absolute Gasteiger partial charge is 0.311 e. The third kappa shape index (κ3) is 3.19. The summed E-state index contributed by atoms with van der Waals surface area (Å²) in [6.07, 6.45) is -3.44. The maximum absolute atomic E-state index is 12.5. The SMILES string of the molecule is COC(=O)Cc1nc(C(F)F)cc(Br)c1[N+](=O)[O-]. The summed E-state index contributed by atoms with van der Waals surface area (Å²) in [6.45, 7) is 0. The highest BCUT2D eigenvalue weighted by Gasteiger charge is 2.25. The summed E-state index contributed by atoms with van der Waals surface area (Å²) in [7, 11) is 1.08. The number of methoxy groups -OCH3 is 1. The molecule has 0 aromatic carbocycles. The predicted molar refractivity (Wildman–Crippen MR) is 59.3 cm³/mol. The molecule has 0 aliphatic rings. The molecule has 0 saturated carbocycles. The molecule has 1 heterocycles. The molecule has 9 heteroatoms. The molecule has 0 saturated heterocycles.